The van der Waals surface area contributed by atoms with Gasteiger partial charge in [-0.25, -0.2) is 13.8 Å². The number of hydrogen-bond acceptors (Lipinski definition) is 5. The number of carbonyl (C=O) groups is 1. The van der Waals surface area contributed by atoms with E-state index in [2.05, 4.69) is 10.3 Å². The molecule has 0 aliphatic heterocycles. The number of benzene rings is 1. The summed E-state index contributed by atoms with van der Waals surface area (Å²) in [6.45, 7) is 0. The third-order valence-corrected chi connectivity index (χ3v) is 4.19. The molecule has 0 saturated carbocycles. The normalized spacial score (nSPS) is 10.5. The van der Waals surface area contributed by atoms with E-state index < -0.39 is 17.5 Å². The quantitative estimate of drug-likeness (QED) is 0.855. The first-order chi connectivity index (χ1) is 8.99. The molecule has 0 bridgehead atoms. The SMILES string of the molecule is CSc1nc(N)c(C(=O)Nc2cc(F)cc(F)c2)s1. The zero-order valence-corrected chi connectivity index (χ0v) is 11.4. The molecule has 2 rings (SSSR count). The molecule has 1 aromatic carbocycles. The topological polar surface area (TPSA) is 68.0 Å². The molecule has 4 nitrogen and oxygen atoms in total. The van der Waals surface area contributed by atoms with Crippen molar-refractivity contribution in [3.8, 4) is 0 Å². The van der Waals surface area contributed by atoms with Crippen LogP contribution in [0.5, 0.6) is 0 Å². The number of nitrogens with one attached hydrogen (secondary N) is 1. The highest BCUT2D eigenvalue weighted by Gasteiger charge is 2.16. The maximum absolute atomic E-state index is 13.0. The lowest BCUT2D eigenvalue weighted by atomic mass is 10.3. The molecule has 0 fully saturated rings. The Morgan fingerprint density at radius 1 is 1.37 bits per heavy atom. The van der Waals surface area contributed by atoms with E-state index in [0.29, 0.717) is 4.34 Å². The van der Waals surface area contributed by atoms with E-state index in [1.54, 1.807) is 0 Å². The highest BCUT2D eigenvalue weighted by molar-refractivity contribution is 8.00. The average Bonchev–Trinajstić information content (AvgIpc) is 2.69. The van der Waals surface area contributed by atoms with Crippen molar-refractivity contribution >= 4 is 40.5 Å². The first-order valence-electron chi connectivity index (χ1n) is 5.07. The molecule has 0 saturated heterocycles. The van der Waals surface area contributed by atoms with Gasteiger partial charge in [0.05, 0.1) is 0 Å². The minimum absolute atomic E-state index is 0.0287. The van der Waals surface area contributed by atoms with Crippen LogP contribution in [0.1, 0.15) is 9.67 Å². The summed E-state index contributed by atoms with van der Waals surface area (Å²) in [5.74, 6) is -1.97. The van der Waals surface area contributed by atoms with Crippen molar-refractivity contribution in [2.45, 2.75) is 4.34 Å². The van der Waals surface area contributed by atoms with E-state index in [9.17, 15) is 13.6 Å². The Morgan fingerprint density at radius 2 is 2.00 bits per heavy atom. The Morgan fingerprint density at radius 3 is 2.53 bits per heavy atom. The van der Waals surface area contributed by atoms with Gasteiger partial charge in [-0.2, -0.15) is 0 Å². The van der Waals surface area contributed by atoms with E-state index in [0.717, 1.165) is 29.5 Å². The van der Waals surface area contributed by atoms with Gasteiger partial charge in [0.1, 0.15) is 22.3 Å². The first kappa shape index (κ1) is 13.8. The molecule has 100 valence electrons. The lowest BCUT2D eigenvalue weighted by molar-refractivity contribution is 0.103. The number of nitrogens with two attached hydrogens (primary N) is 1. The second-order valence-corrected chi connectivity index (χ2v) is 5.56. The molecule has 19 heavy (non-hydrogen) atoms. The van der Waals surface area contributed by atoms with Crippen molar-refractivity contribution in [1.29, 1.82) is 0 Å². The molecular formula is C11H9F2N3OS2. The van der Waals surface area contributed by atoms with Crippen LogP contribution in [0.25, 0.3) is 0 Å². The molecule has 0 aliphatic carbocycles. The van der Waals surface area contributed by atoms with Gasteiger partial charge in [0.2, 0.25) is 0 Å². The Kier molecular flexibility index (Phi) is 4.01. The predicted molar refractivity (Wildman–Crippen MR) is 72.6 cm³/mol. The number of nitrogens with zero attached hydrogens (tertiary/aromatic N) is 1. The van der Waals surface area contributed by atoms with Crippen LogP contribution in [0.4, 0.5) is 20.3 Å². The number of nitrogen functional groups attached to an aromatic ring is 1. The van der Waals surface area contributed by atoms with Crippen LogP contribution in [0.3, 0.4) is 0 Å². The van der Waals surface area contributed by atoms with Crippen molar-refractivity contribution < 1.29 is 13.6 Å². The Hall–Kier alpha value is -1.67. The second-order valence-electron chi connectivity index (χ2n) is 3.51. The van der Waals surface area contributed by atoms with E-state index in [-0.39, 0.29) is 16.4 Å². The van der Waals surface area contributed by atoms with E-state index in [1.165, 1.54) is 11.8 Å². The summed E-state index contributed by atoms with van der Waals surface area (Å²) in [5.41, 5.74) is 5.64. The molecule has 2 aromatic rings. The minimum atomic E-state index is -0.766. The smallest absolute Gasteiger partial charge is 0.269 e. The van der Waals surface area contributed by atoms with Crippen molar-refractivity contribution in [3.63, 3.8) is 0 Å². The number of thiazole rings is 1. The maximum atomic E-state index is 13.0. The van der Waals surface area contributed by atoms with Crippen molar-refractivity contribution in [1.82, 2.24) is 4.98 Å². The fraction of sp³-hybridized carbons (Fsp3) is 0.0909. The second kappa shape index (κ2) is 5.54. The van der Waals surface area contributed by atoms with Gasteiger partial charge in [0.15, 0.2) is 4.34 Å². The van der Waals surface area contributed by atoms with Crippen LogP contribution in [-0.2, 0) is 0 Å². The van der Waals surface area contributed by atoms with Crippen molar-refractivity contribution in [3.05, 3.63) is 34.7 Å². The minimum Gasteiger partial charge on any atom is -0.382 e. The van der Waals surface area contributed by atoms with Crippen LogP contribution < -0.4 is 11.1 Å². The Bertz CT molecular complexity index is 610. The average molecular weight is 301 g/mol. The largest absolute Gasteiger partial charge is 0.382 e. The van der Waals surface area contributed by atoms with Gasteiger partial charge in [-0.15, -0.1) is 11.3 Å². The summed E-state index contributed by atoms with van der Waals surface area (Å²) in [7, 11) is 0. The number of hydrogen-bond donors (Lipinski definition) is 2. The zero-order chi connectivity index (χ0) is 14.0. The van der Waals surface area contributed by atoms with E-state index in [4.69, 9.17) is 5.73 Å². The molecule has 0 unspecified atom stereocenters. The van der Waals surface area contributed by atoms with Crippen LogP contribution in [0, 0.1) is 11.6 Å². The molecule has 0 radical (unpaired) electrons. The van der Waals surface area contributed by atoms with Crippen LogP contribution >= 0.6 is 23.1 Å². The molecule has 0 aliphatic rings. The lowest BCUT2D eigenvalue weighted by Gasteiger charge is -2.04. The number of carbonyl (C=O) groups excluding carboxylic acids is 1. The highest BCUT2D eigenvalue weighted by Crippen LogP contribution is 2.28. The standard InChI is InChI=1S/C11H9F2N3OS2/c1-18-11-16-9(14)8(19-11)10(17)15-7-3-5(12)2-6(13)4-7/h2-4H,14H2,1H3,(H,15,17). The van der Waals surface area contributed by atoms with E-state index in [1.807, 2.05) is 6.26 Å². The number of amides is 1. The van der Waals surface area contributed by atoms with Gasteiger partial charge in [-0.3, -0.25) is 4.79 Å². The van der Waals surface area contributed by atoms with Gasteiger partial charge in [-0.05, 0) is 18.4 Å². The summed E-state index contributed by atoms with van der Waals surface area (Å²) in [6, 6.07) is 2.77. The summed E-state index contributed by atoms with van der Waals surface area (Å²) >= 11 is 2.48. The highest BCUT2D eigenvalue weighted by atomic mass is 32.2. The lowest BCUT2D eigenvalue weighted by Crippen LogP contribution is -2.12. The van der Waals surface area contributed by atoms with E-state index >= 15 is 0 Å². The van der Waals surface area contributed by atoms with Gasteiger partial charge < -0.3 is 11.1 Å². The van der Waals surface area contributed by atoms with Gasteiger partial charge in [-0.1, -0.05) is 11.8 Å². The maximum Gasteiger partial charge on any atom is 0.269 e. The van der Waals surface area contributed by atoms with Gasteiger partial charge in [0, 0.05) is 11.8 Å². The molecule has 3 N–H and O–H groups in total. The van der Waals surface area contributed by atoms with Crippen LogP contribution in [0.15, 0.2) is 22.5 Å². The third kappa shape index (κ3) is 3.21. The van der Waals surface area contributed by atoms with Crippen molar-refractivity contribution in [2.24, 2.45) is 0 Å². The summed E-state index contributed by atoms with van der Waals surface area (Å²) < 4.78 is 26.6. The summed E-state index contributed by atoms with van der Waals surface area (Å²) in [5, 5.41) is 2.38. The number of aromatic nitrogens is 1. The fourth-order valence-corrected chi connectivity index (χ4v) is 2.76. The van der Waals surface area contributed by atoms with Crippen molar-refractivity contribution in [2.75, 3.05) is 17.3 Å². The Labute approximate surface area is 116 Å². The molecule has 1 heterocycles. The van der Waals surface area contributed by atoms with Gasteiger partial charge >= 0.3 is 0 Å². The molecule has 0 spiro atoms. The summed E-state index contributed by atoms with van der Waals surface area (Å²) in [6.07, 6.45) is 1.81. The Balaban J connectivity index is 2.22. The van der Waals surface area contributed by atoms with Crippen LogP contribution in [-0.4, -0.2) is 17.1 Å². The molecular weight excluding hydrogens is 292 g/mol. The fourth-order valence-electron chi connectivity index (χ4n) is 1.38. The predicted octanol–water partition coefficient (Wildman–Crippen LogP) is 2.98. The number of thioether (sulfide) groups is 1. The van der Waals surface area contributed by atoms with Gasteiger partial charge in [0.25, 0.3) is 5.91 Å². The molecule has 1 amide bonds. The number of rotatable bonds is 3. The monoisotopic (exact) mass is 301 g/mol. The first-order valence-corrected chi connectivity index (χ1v) is 7.11. The number of halogens is 2. The summed E-state index contributed by atoms with van der Waals surface area (Å²) in [4.78, 5) is 16.1. The zero-order valence-electron chi connectivity index (χ0n) is 9.74. The van der Waals surface area contributed by atoms with Crippen LogP contribution in [0.2, 0.25) is 0 Å². The molecule has 8 heteroatoms. The third-order valence-electron chi connectivity index (χ3n) is 2.14. The molecule has 1 aromatic heterocycles. The molecule has 0 atom stereocenters. The number of anilines is 2.